The van der Waals surface area contributed by atoms with E-state index in [4.69, 9.17) is 10.5 Å². The van der Waals surface area contributed by atoms with Crippen molar-refractivity contribution < 1.29 is 9.53 Å². The molecule has 0 spiro atoms. The van der Waals surface area contributed by atoms with Crippen molar-refractivity contribution in [2.24, 2.45) is 5.73 Å². The molecule has 1 atom stereocenters. The minimum atomic E-state index is -0.333. The molecule has 1 aliphatic heterocycles. The molecule has 1 heterocycles. The highest BCUT2D eigenvalue weighted by Gasteiger charge is 2.22. The smallest absolute Gasteiger partial charge is 0.239 e. The Hall–Kier alpha value is -0.260. The second-order valence-corrected chi connectivity index (χ2v) is 4.31. The largest absolute Gasteiger partial charge is 0.378 e. The zero-order chi connectivity index (χ0) is 10.4. The average molecular weight is 218 g/mol. The number of carbonyl (C=O) groups is 1. The molecule has 0 unspecified atom stereocenters. The average Bonchev–Trinajstić information content (AvgIpc) is 2.26. The molecular weight excluding hydrogens is 200 g/mol. The summed E-state index contributed by atoms with van der Waals surface area (Å²) in [6.45, 7) is 2.65. The molecule has 1 aliphatic rings. The van der Waals surface area contributed by atoms with Crippen molar-refractivity contribution in [1.29, 1.82) is 0 Å². The molecule has 0 bridgehead atoms. The summed E-state index contributed by atoms with van der Waals surface area (Å²) < 4.78 is 5.17. The summed E-state index contributed by atoms with van der Waals surface area (Å²) in [4.78, 5) is 13.5. The Labute approximate surface area is 89.2 Å². The molecule has 1 fully saturated rings. The summed E-state index contributed by atoms with van der Waals surface area (Å²) in [7, 11) is 0. The van der Waals surface area contributed by atoms with Crippen LogP contribution in [0, 0.1) is 0 Å². The van der Waals surface area contributed by atoms with Gasteiger partial charge in [0.25, 0.3) is 0 Å². The molecule has 82 valence electrons. The zero-order valence-electron chi connectivity index (χ0n) is 8.57. The lowest BCUT2D eigenvalue weighted by atomic mass is 10.2. The number of hydrogen-bond acceptors (Lipinski definition) is 4. The zero-order valence-corrected chi connectivity index (χ0v) is 9.39. The van der Waals surface area contributed by atoms with E-state index in [1.807, 2.05) is 6.26 Å². The molecule has 0 aromatic carbocycles. The molecule has 1 amide bonds. The van der Waals surface area contributed by atoms with E-state index in [0.717, 1.165) is 12.2 Å². The monoisotopic (exact) mass is 218 g/mol. The van der Waals surface area contributed by atoms with Crippen LogP contribution in [-0.2, 0) is 9.53 Å². The van der Waals surface area contributed by atoms with Gasteiger partial charge >= 0.3 is 0 Å². The maximum atomic E-state index is 11.7. The molecule has 5 heteroatoms. The van der Waals surface area contributed by atoms with Gasteiger partial charge < -0.3 is 15.4 Å². The third kappa shape index (κ3) is 3.48. The fraction of sp³-hybridized carbons (Fsp3) is 0.889. The number of nitrogens with two attached hydrogens (primary N) is 1. The van der Waals surface area contributed by atoms with Crippen LogP contribution >= 0.6 is 11.8 Å². The SMILES string of the molecule is CSCC[C@H](N)C(=O)N1CCOCC1. The van der Waals surface area contributed by atoms with Crippen LogP contribution in [0.4, 0.5) is 0 Å². The van der Waals surface area contributed by atoms with Crippen LogP contribution < -0.4 is 5.73 Å². The highest BCUT2D eigenvalue weighted by molar-refractivity contribution is 7.98. The van der Waals surface area contributed by atoms with Gasteiger partial charge in [-0.25, -0.2) is 0 Å². The minimum absolute atomic E-state index is 0.0716. The Morgan fingerprint density at radius 2 is 2.21 bits per heavy atom. The predicted octanol–water partition coefficient (Wildman–Crippen LogP) is -0.0744. The Morgan fingerprint density at radius 1 is 1.57 bits per heavy atom. The molecular formula is C9H18N2O2S. The van der Waals surface area contributed by atoms with Gasteiger partial charge in [-0.3, -0.25) is 4.79 Å². The van der Waals surface area contributed by atoms with Crippen molar-refractivity contribution >= 4 is 17.7 Å². The number of hydrogen-bond donors (Lipinski definition) is 1. The van der Waals surface area contributed by atoms with Gasteiger partial charge in [0.2, 0.25) is 5.91 Å². The highest BCUT2D eigenvalue weighted by Crippen LogP contribution is 2.04. The lowest BCUT2D eigenvalue weighted by Crippen LogP contribution is -2.48. The van der Waals surface area contributed by atoms with Gasteiger partial charge in [-0.2, -0.15) is 11.8 Å². The van der Waals surface area contributed by atoms with Crippen molar-refractivity contribution in [3.63, 3.8) is 0 Å². The van der Waals surface area contributed by atoms with Gasteiger partial charge in [-0.1, -0.05) is 0 Å². The molecule has 0 aromatic rings. The Morgan fingerprint density at radius 3 is 2.79 bits per heavy atom. The number of rotatable bonds is 4. The molecule has 0 radical (unpaired) electrons. The molecule has 1 rings (SSSR count). The van der Waals surface area contributed by atoms with E-state index in [-0.39, 0.29) is 11.9 Å². The first-order valence-electron chi connectivity index (χ1n) is 4.86. The quantitative estimate of drug-likeness (QED) is 0.717. The van der Waals surface area contributed by atoms with Crippen LogP contribution in [-0.4, -0.2) is 55.2 Å². The van der Waals surface area contributed by atoms with E-state index >= 15 is 0 Å². The summed E-state index contributed by atoms with van der Waals surface area (Å²) in [6.07, 6.45) is 2.78. The van der Waals surface area contributed by atoms with Gasteiger partial charge in [-0.15, -0.1) is 0 Å². The van der Waals surface area contributed by atoms with Crippen molar-refractivity contribution in [2.75, 3.05) is 38.3 Å². The van der Waals surface area contributed by atoms with Crippen LogP contribution in [0.2, 0.25) is 0 Å². The lowest BCUT2D eigenvalue weighted by Gasteiger charge is -2.29. The molecule has 0 aliphatic carbocycles. The van der Waals surface area contributed by atoms with Crippen molar-refractivity contribution in [3.05, 3.63) is 0 Å². The Kier molecular flexibility index (Phi) is 5.29. The van der Waals surface area contributed by atoms with Crippen LogP contribution in [0.15, 0.2) is 0 Å². The first kappa shape index (κ1) is 11.8. The normalized spacial score (nSPS) is 19.4. The first-order valence-corrected chi connectivity index (χ1v) is 6.26. The molecule has 0 saturated carbocycles. The van der Waals surface area contributed by atoms with Gasteiger partial charge in [0.05, 0.1) is 19.3 Å². The number of carbonyl (C=O) groups excluding carboxylic acids is 1. The van der Waals surface area contributed by atoms with Crippen LogP contribution in [0.1, 0.15) is 6.42 Å². The lowest BCUT2D eigenvalue weighted by molar-refractivity contribution is -0.136. The van der Waals surface area contributed by atoms with E-state index < -0.39 is 0 Å². The van der Waals surface area contributed by atoms with E-state index in [1.165, 1.54) is 0 Å². The van der Waals surface area contributed by atoms with E-state index in [9.17, 15) is 4.79 Å². The predicted molar refractivity (Wildman–Crippen MR) is 58.4 cm³/mol. The summed E-state index contributed by atoms with van der Waals surface area (Å²) >= 11 is 1.72. The van der Waals surface area contributed by atoms with E-state index in [0.29, 0.717) is 26.3 Å². The molecule has 2 N–H and O–H groups in total. The number of thioether (sulfide) groups is 1. The number of morpholine rings is 1. The summed E-state index contributed by atoms with van der Waals surface area (Å²) in [6, 6.07) is -0.333. The van der Waals surface area contributed by atoms with E-state index in [1.54, 1.807) is 16.7 Å². The summed E-state index contributed by atoms with van der Waals surface area (Å²) in [5.41, 5.74) is 5.79. The van der Waals surface area contributed by atoms with Gasteiger partial charge in [0.15, 0.2) is 0 Å². The minimum Gasteiger partial charge on any atom is -0.378 e. The standard InChI is InChI=1S/C9H18N2O2S/c1-14-7-2-8(10)9(12)11-3-5-13-6-4-11/h8H,2-7,10H2,1H3/t8-/m0/s1. The van der Waals surface area contributed by atoms with Crippen molar-refractivity contribution in [2.45, 2.75) is 12.5 Å². The Bertz CT molecular complexity index is 184. The highest BCUT2D eigenvalue weighted by atomic mass is 32.2. The van der Waals surface area contributed by atoms with E-state index in [2.05, 4.69) is 0 Å². The second-order valence-electron chi connectivity index (χ2n) is 3.33. The molecule has 1 saturated heterocycles. The fourth-order valence-corrected chi connectivity index (χ4v) is 1.88. The van der Waals surface area contributed by atoms with Crippen LogP contribution in [0.25, 0.3) is 0 Å². The second kappa shape index (κ2) is 6.27. The third-order valence-electron chi connectivity index (χ3n) is 2.27. The maximum Gasteiger partial charge on any atom is 0.239 e. The van der Waals surface area contributed by atoms with Crippen molar-refractivity contribution in [1.82, 2.24) is 4.90 Å². The number of ether oxygens (including phenoxy) is 1. The molecule has 4 nitrogen and oxygen atoms in total. The first-order chi connectivity index (χ1) is 6.75. The Balaban J connectivity index is 2.30. The van der Waals surface area contributed by atoms with Crippen LogP contribution in [0.3, 0.4) is 0 Å². The molecule has 14 heavy (non-hydrogen) atoms. The van der Waals surface area contributed by atoms with Crippen molar-refractivity contribution in [3.8, 4) is 0 Å². The van der Waals surface area contributed by atoms with Gasteiger partial charge in [0.1, 0.15) is 0 Å². The third-order valence-corrected chi connectivity index (χ3v) is 2.92. The fourth-order valence-electron chi connectivity index (χ4n) is 1.39. The topological polar surface area (TPSA) is 55.6 Å². The number of nitrogens with zero attached hydrogens (tertiary/aromatic N) is 1. The maximum absolute atomic E-state index is 11.7. The number of amides is 1. The summed E-state index contributed by atoms with van der Waals surface area (Å²) in [5, 5.41) is 0. The van der Waals surface area contributed by atoms with Gasteiger partial charge in [-0.05, 0) is 18.4 Å². The van der Waals surface area contributed by atoms with Crippen LogP contribution in [0.5, 0.6) is 0 Å². The molecule has 0 aromatic heterocycles. The summed E-state index contributed by atoms with van der Waals surface area (Å²) in [5.74, 6) is 1.01. The van der Waals surface area contributed by atoms with Gasteiger partial charge in [0, 0.05) is 13.1 Å².